The number of carbonyl (C=O) groups excluding carboxylic acids is 1. The predicted molar refractivity (Wildman–Crippen MR) is 70.4 cm³/mol. The number of aliphatic hydroxyl groups is 1. The Kier molecular flexibility index (Phi) is 3.91. The molecule has 2 heterocycles. The molecule has 2 N–H and O–H groups in total. The van der Waals surface area contributed by atoms with Gasteiger partial charge in [0.25, 0.3) is 0 Å². The number of rotatable bonds is 5. The van der Waals surface area contributed by atoms with Crippen LogP contribution in [0.1, 0.15) is 13.8 Å². The molecule has 2 aromatic rings. The molecule has 8 heteroatoms. The third kappa shape index (κ3) is 4.11. The lowest BCUT2D eigenvalue weighted by molar-refractivity contribution is -0.123. The maximum absolute atomic E-state index is 11.6. The highest BCUT2D eigenvalue weighted by Gasteiger charge is 2.15. The van der Waals surface area contributed by atoms with Crippen molar-refractivity contribution in [1.29, 1.82) is 0 Å². The first-order valence-electron chi connectivity index (χ1n) is 5.75. The molecule has 19 heavy (non-hydrogen) atoms. The van der Waals surface area contributed by atoms with E-state index in [1.54, 1.807) is 13.8 Å². The van der Waals surface area contributed by atoms with Gasteiger partial charge in [-0.05, 0) is 30.5 Å². The summed E-state index contributed by atoms with van der Waals surface area (Å²) in [4.78, 5) is 13.7. The van der Waals surface area contributed by atoms with Crippen molar-refractivity contribution in [2.75, 3.05) is 6.54 Å². The van der Waals surface area contributed by atoms with Crippen molar-refractivity contribution in [3.05, 3.63) is 17.5 Å². The van der Waals surface area contributed by atoms with Crippen molar-refractivity contribution in [1.82, 2.24) is 25.5 Å². The molecular formula is C11H15N5O2S. The van der Waals surface area contributed by atoms with Gasteiger partial charge in [-0.25, -0.2) is 0 Å². The lowest BCUT2D eigenvalue weighted by Crippen LogP contribution is -2.39. The summed E-state index contributed by atoms with van der Waals surface area (Å²) in [5, 5.41) is 25.8. The number of tetrazole rings is 1. The van der Waals surface area contributed by atoms with Crippen LogP contribution in [0.25, 0.3) is 10.7 Å². The van der Waals surface area contributed by atoms with E-state index >= 15 is 0 Å². The van der Waals surface area contributed by atoms with Gasteiger partial charge in [0, 0.05) is 6.54 Å². The van der Waals surface area contributed by atoms with E-state index in [1.807, 2.05) is 17.5 Å². The number of hydrogen-bond donors (Lipinski definition) is 2. The minimum Gasteiger partial charge on any atom is -0.389 e. The van der Waals surface area contributed by atoms with Crippen molar-refractivity contribution in [3.63, 3.8) is 0 Å². The van der Waals surface area contributed by atoms with Crippen molar-refractivity contribution in [2.24, 2.45) is 0 Å². The van der Waals surface area contributed by atoms with Crippen LogP contribution in [0.2, 0.25) is 0 Å². The van der Waals surface area contributed by atoms with Crippen LogP contribution < -0.4 is 5.32 Å². The van der Waals surface area contributed by atoms with Crippen LogP contribution in [-0.4, -0.2) is 43.4 Å². The molecule has 0 atom stereocenters. The standard InChI is InChI=1S/C11H15N5O2S/c1-11(2,18)7-12-9(17)6-16-14-10(13-15-16)8-4-3-5-19-8/h3-5,18H,6-7H2,1-2H3,(H,12,17). The maximum atomic E-state index is 11.6. The Morgan fingerprint density at radius 1 is 1.58 bits per heavy atom. The second-order valence-corrected chi connectivity index (χ2v) is 5.66. The van der Waals surface area contributed by atoms with Gasteiger partial charge >= 0.3 is 0 Å². The summed E-state index contributed by atoms with van der Waals surface area (Å²) in [6.45, 7) is 3.40. The summed E-state index contributed by atoms with van der Waals surface area (Å²) in [5.74, 6) is 0.238. The van der Waals surface area contributed by atoms with Gasteiger partial charge in [-0.2, -0.15) is 4.80 Å². The molecule has 1 amide bonds. The third-order valence-electron chi connectivity index (χ3n) is 2.20. The number of thiophene rings is 1. The second kappa shape index (κ2) is 5.45. The minimum absolute atomic E-state index is 0.0194. The first kappa shape index (κ1) is 13.6. The first-order chi connectivity index (χ1) is 8.94. The lowest BCUT2D eigenvalue weighted by Gasteiger charge is -2.17. The molecule has 0 aliphatic rings. The molecule has 0 saturated carbocycles. The van der Waals surface area contributed by atoms with Gasteiger partial charge in [0.1, 0.15) is 6.54 Å². The normalized spacial score (nSPS) is 11.5. The average molecular weight is 281 g/mol. The topological polar surface area (TPSA) is 92.9 Å². The smallest absolute Gasteiger partial charge is 0.243 e. The zero-order chi connectivity index (χ0) is 13.9. The van der Waals surface area contributed by atoms with Crippen molar-refractivity contribution < 1.29 is 9.90 Å². The zero-order valence-corrected chi connectivity index (χ0v) is 11.5. The summed E-state index contributed by atoms with van der Waals surface area (Å²) in [7, 11) is 0. The number of nitrogens with zero attached hydrogens (tertiary/aromatic N) is 4. The quantitative estimate of drug-likeness (QED) is 0.821. The molecule has 0 aromatic carbocycles. The van der Waals surface area contributed by atoms with Crippen LogP contribution in [0.4, 0.5) is 0 Å². The molecule has 7 nitrogen and oxygen atoms in total. The molecule has 0 radical (unpaired) electrons. The van der Waals surface area contributed by atoms with E-state index in [0.717, 1.165) is 4.88 Å². The van der Waals surface area contributed by atoms with Crippen molar-refractivity contribution in [3.8, 4) is 10.7 Å². The molecule has 0 aliphatic carbocycles. The van der Waals surface area contributed by atoms with Crippen LogP contribution in [0.15, 0.2) is 17.5 Å². The third-order valence-corrected chi connectivity index (χ3v) is 3.06. The lowest BCUT2D eigenvalue weighted by atomic mass is 10.1. The molecule has 0 spiro atoms. The summed E-state index contributed by atoms with van der Waals surface area (Å²) >= 11 is 1.51. The molecule has 0 bridgehead atoms. The Bertz CT molecular complexity index is 544. The van der Waals surface area contributed by atoms with Crippen molar-refractivity contribution in [2.45, 2.75) is 26.0 Å². The number of carbonyl (C=O) groups is 1. The maximum Gasteiger partial charge on any atom is 0.243 e. The van der Waals surface area contributed by atoms with Gasteiger partial charge in [0.15, 0.2) is 0 Å². The second-order valence-electron chi connectivity index (χ2n) is 4.71. The summed E-state index contributed by atoms with van der Waals surface area (Å²) in [6.07, 6.45) is 0. The van der Waals surface area contributed by atoms with E-state index in [-0.39, 0.29) is 19.0 Å². The number of amides is 1. The Balaban J connectivity index is 1.91. The van der Waals surface area contributed by atoms with Crippen LogP contribution in [0.3, 0.4) is 0 Å². The van der Waals surface area contributed by atoms with E-state index in [1.165, 1.54) is 16.1 Å². The molecule has 102 valence electrons. The van der Waals surface area contributed by atoms with Crippen LogP contribution in [-0.2, 0) is 11.3 Å². The average Bonchev–Trinajstić information content (AvgIpc) is 2.94. The molecular weight excluding hydrogens is 266 g/mol. The molecule has 0 saturated heterocycles. The molecule has 0 fully saturated rings. The fourth-order valence-electron chi connectivity index (χ4n) is 1.31. The van der Waals surface area contributed by atoms with E-state index < -0.39 is 5.60 Å². The van der Waals surface area contributed by atoms with Crippen LogP contribution >= 0.6 is 11.3 Å². The van der Waals surface area contributed by atoms with E-state index in [0.29, 0.717) is 5.82 Å². The van der Waals surface area contributed by atoms with Gasteiger partial charge in [0.05, 0.1) is 10.5 Å². The fourth-order valence-corrected chi connectivity index (χ4v) is 1.96. The first-order valence-corrected chi connectivity index (χ1v) is 6.63. The summed E-state index contributed by atoms with van der Waals surface area (Å²) in [6, 6.07) is 3.79. The van der Waals surface area contributed by atoms with E-state index in [9.17, 15) is 9.90 Å². The monoisotopic (exact) mass is 281 g/mol. The van der Waals surface area contributed by atoms with E-state index in [4.69, 9.17) is 0 Å². The zero-order valence-electron chi connectivity index (χ0n) is 10.7. The Labute approximate surface area is 114 Å². The summed E-state index contributed by atoms with van der Waals surface area (Å²) in [5.41, 5.74) is -0.937. The molecule has 0 aliphatic heterocycles. The number of aromatic nitrogens is 4. The minimum atomic E-state index is -0.937. The molecule has 2 rings (SSSR count). The number of nitrogens with one attached hydrogen (secondary N) is 1. The van der Waals surface area contributed by atoms with Gasteiger partial charge < -0.3 is 10.4 Å². The highest BCUT2D eigenvalue weighted by atomic mass is 32.1. The van der Waals surface area contributed by atoms with E-state index in [2.05, 4.69) is 20.7 Å². The Morgan fingerprint density at radius 3 is 3.00 bits per heavy atom. The van der Waals surface area contributed by atoms with Gasteiger partial charge in [-0.1, -0.05) is 6.07 Å². The summed E-state index contributed by atoms with van der Waals surface area (Å²) < 4.78 is 0. The van der Waals surface area contributed by atoms with Gasteiger partial charge in [-0.3, -0.25) is 4.79 Å². The fraction of sp³-hybridized carbons (Fsp3) is 0.455. The SMILES string of the molecule is CC(C)(O)CNC(=O)Cn1nnc(-c2cccs2)n1. The van der Waals surface area contributed by atoms with Crippen LogP contribution in [0.5, 0.6) is 0 Å². The highest BCUT2D eigenvalue weighted by molar-refractivity contribution is 7.13. The van der Waals surface area contributed by atoms with Crippen LogP contribution in [0, 0.1) is 0 Å². The van der Waals surface area contributed by atoms with Gasteiger partial charge in [0.2, 0.25) is 11.7 Å². The molecule has 0 unspecified atom stereocenters. The van der Waals surface area contributed by atoms with Crippen molar-refractivity contribution >= 4 is 17.2 Å². The predicted octanol–water partition coefficient (Wildman–Crippen LogP) is 0.289. The molecule has 2 aromatic heterocycles. The Hall–Kier alpha value is -1.80. The Morgan fingerprint density at radius 2 is 2.37 bits per heavy atom. The van der Waals surface area contributed by atoms with Gasteiger partial charge in [-0.15, -0.1) is 21.5 Å². The number of hydrogen-bond acceptors (Lipinski definition) is 6. The highest BCUT2D eigenvalue weighted by Crippen LogP contribution is 2.19. The largest absolute Gasteiger partial charge is 0.389 e.